The maximum Gasteiger partial charge on any atom is 0.336 e. The second kappa shape index (κ2) is 6.16. The molecule has 2 aromatic carbocycles. The highest BCUT2D eigenvalue weighted by Gasteiger charge is 2.27. The van der Waals surface area contributed by atoms with Crippen LogP contribution in [-0.4, -0.2) is 22.2 Å². The Hall–Kier alpha value is -2.04. The first-order chi connectivity index (χ1) is 9.09. The third-order valence-electron chi connectivity index (χ3n) is 3.43. The first-order valence-electron chi connectivity index (χ1n) is 5.80. The van der Waals surface area contributed by atoms with Crippen molar-refractivity contribution in [3.63, 3.8) is 0 Å². The Morgan fingerprint density at radius 2 is 1.52 bits per heavy atom. The number of carboxylic acids is 2. The predicted octanol–water partition coefficient (Wildman–Crippen LogP) is 3.50. The third kappa shape index (κ3) is 2.60. The fourth-order valence-corrected chi connectivity index (χ4v) is 2.63. The topological polar surface area (TPSA) is 74.6 Å². The molecule has 0 atom stereocenters. The van der Waals surface area contributed by atoms with Gasteiger partial charge in [-0.1, -0.05) is 30.3 Å². The van der Waals surface area contributed by atoms with Gasteiger partial charge in [-0.2, -0.15) is 0 Å². The van der Waals surface area contributed by atoms with Crippen molar-refractivity contribution >= 4 is 36.8 Å². The van der Waals surface area contributed by atoms with Gasteiger partial charge in [-0.05, 0) is 34.7 Å². The van der Waals surface area contributed by atoms with E-state index in [1.54, 1.807) is 6.07 Å². The highest BCUT2D eigenvalue weighted by molar-refractivity contribution is 6.05. The van der Waals surface area contributed by atoms with Gasteiger partial charge in [0.25, 0.3) is 0 Å². The lowest BCUT2D eigenvalue weighted by Crippen LogP contribution is -2.11. The fraction of sp³-hybridized carbons (Fsp3) is 0.0667. The van der Waals surface area contributed by atoms with Gasteiger partial charge in [0.05, 0.1) is 11.1 Å². The van der Waals surface area contributed by atoms with Crippen LogP contribution in [0, 0.1) is 0 Å². The Kier molecular flexibility index (Phi) is 4.99. The molecule has 0 unspecified atom stereocenters. The minimum absolute atomic E-state index is 0. The molecule has 0 aromatic heterocycles. The van der Waals surface area contributed by atoms with Crippen LogP contribution in [0.3, 0.4) is 0 Å². The average Bonchev–Trinajstić information content (AvgIpc) is 2.75. The van der Waals surface area contributed by atoms with E-state index in [4.69, 9.17) is 5.11 Å². The molecule has 3 rings (SSSR count). The molecule has 110 valence electrons. The average molecular weight is 327 g/mol. The first-order valence-corrected chi connectivity index (χ1v) is 5.80. The molecule has 0 spiro atoms. The summed E-state index contributed by atoms with van der Waals surface area (Å²) >= 11 is 0. The lowest BCUT2D eigenvalue weighted by atomic mass is 9.96. The first kappa shape index (κ1) is 17.0. The van der Waals surface area contributed by atoms with Crippen molar-refractivity contribution in [2.75, 3.05) is 0 Å². The summed E-state index contributed by atoms with van der Waals surface area (Å²) in [4.78, 5) is 22.5. The lowest BCUT2D eigenvalue weighted by molar-refractivity contribution is 0.0650. The van der Waals surface area contributed by atoms with Gasteiger partial charge >= 0.3 is 11.9 Å². The van der Waals surface area contributed by atoms with E-state index in [1.807, 2.05) is 24.3 Å². The number of rotatable bonds is 2. The highest BCUT2D eigenvalue weighted by Crippen LogP contribution is 2.39. The van der Waals surface area contributed by atoms with Crippen LogP contribution in [-0.2, 0) is 6.42 Å². The SMILES string of the molecule is Cl.Cl.O=C(O)c1ccc2c(c1C(=O)O)Cc1ccccc1-2. The number of halogens is 2. The number of fused-ring (bicyclic) bond motifs is 3. The summed E-state index contributed by atoms with van der Waals surface area (Å²) in [6.45, 7) is 0. The maximum absolute atomic E-state index is 11.4. The molecule has 2 N–H and O–H groups in total. The molecular formula is C15H12Cl2O4. The van der Waals surface area contributed by atoms with Crippen LogP contribution in [0.5, 0.6) is 0 Å². The molecular weight excluding hydrogens is 315 g/mol. The van der Waals surface area contributed by atoms with Crippen molar-refractivity contribution in [2.24, 2.45) is 0 Å². The molecule has 0 fully saturated rings. The zero-order valence-corrected chi connectivity index (χ0v) is 12.3. The summed E-state index contributed by atoms with van der Waals surface area (Å²) in [5, 5.41) is 18.4. The molecule has 21 heavy (non-hydrogen) atoms. The minimum atomic E-state index is -1.21. The number of carbonyl (C=O) groups is 2. The van der Waals surface area contributed by atoms with E-state index in [1.165, 1.54) is 6.07 Å². The quantitative estimate of drug-likeness (QED) is 0.755. The molecule has 0 saturated carbocycles. The monoisotopic (exact) mass is 326 g/mol. The van der Waals surface area contributed by atoms with Crippen molar-refractivity contribution in [1.29, 1.82) is 0 Å². The Labute approximate surface area is 133 Å². The van der Waals surface area contributed by atoms with Gasteiger partial charge in [0.15, 0.2) is 0 Å². The van der Waals surface area contributed by atoms with Gasteiger partial charge < -0.3 is 10.2 Å². The van der Waals surface area contributed by atoms with E-state index in [-0.39, 0.29) is 35.9 Å². The van der Waals surface area contributed by atoms with E-state index < -0.39 is 11.9 Å². The molecule has 0 heterocycles. The minimum Gasteiger partial charge on any atom is -0.478 e. The number of aromatic carboxylic acids is 2. The second-order valence-corrected chi connectivity index (χ2v) is 4.46. The number of hydrogen-bond acceptors (Lipinski definition) is 2. The molecule has 6 heteroatoms. The van der Waals surface area contributed by atoms with Gasteiger partial charge in [0.2, 0.25) is 0 Å². The number of hydrogen-bond donors (Lipinski definition) is 2. The zero-order valence-electron chi connectivity index (χ0n) is 10.7. The maximum atomic E-state index is 11.4. The van der Waals surface area contributed by atoms with Crippen LogP contribution < -0.4 is 0 Å². The van der Waals surface area contributed by atoms with Crippen LogP contribution in [0.25, 0.3) is 11.1 Å². The van der Waals surface area contributed by atoms with Crippen LogP contribution in [0.2, 0.25) is 0 Å². The molecule has 0 amide bonds. The molecule has 0 radical (unpaired) electrons. The van der Waals surface area contributed by atoms with Crippen LogP contribution in [0.4, 0.5) is 0 Å². The van der Waals surface area contributed by atoms with E-state index in [2.05, 4.69) is 0 Å². The third-order valence-corrected chi connectivity index (χ3v) is 3.43. The van der Waals surface area contributed by atoms with Crippen molar-refractivity contribution in [2.45, 2.75) is 6.42 Å². The zero-order chi connectivity index (χ0) is 13.6. The van der Waals surface area contributed by atoms with Gasteiger partial charge in [0, 0.05) is 0 Å². The van der Waals surface area contributed by atoms with E-state index in [0.29, 0.717) is 12.0 Å². The lowest BCUT2D eigenvalue weighted by Gasteiger charge is -2.08. The normalized spacial score (nSPS) is 10.7. The van der Waals surface area contributed by atoms with E-state index >= 15 is 0 Å². The summed E-state index contributed by atoms with van der Waals surface area (Å²) < 4.78 is 0. The fourth-order valence-electron chi connectivity index (χ4n) is 2.63. The number of carboxylic acid groups (broad SMARTS) is 2. The predicted molar refractivity (Wildman–Crippen MR) is 83.1 cm³/mol. The molecule has 0 saturated heterocycles. The molecule has 4 nitrogen and oxygen atoms in total. The molecule has 1 aliphatic carbocycles. The number of benzene rings is 2. The molecule has 0 bridgehead atoms. The van der Waals surface area contributed by atoms with Crippen LogP contribution in [0.15, 0.2) is 36.4 Å². The standard InChI is InChI=1S/C15H10O4.2ClH/c16-14(17)11-6-5-10-9-4-2-1-3-8(9)7-12(10)13(11)15(18)19;;/h1-6H,7H2,(H,16,17)(H,18,19);2*1H. The van der Waals surface area contributed by atoms with Crippen molar-refractivity contribution in [3.8, 4) is 11.1 Å². The Morgan fingerprint density at radius 3 is 2.14 bits per heavy atom. The summed E-state index contributed by atoms with van der Waals surface area (Å²) in [6, 6.07) is 10.7. The second-order valence-electron chi connectivity index (χ2n) is 4.46. The molecule has 0 aliphatic heterocycles. The smallest absolute Gasteiger partial charge is 0.336 e. The van der Waals surface area contributed by atoms with Gasteiger partial charge in [0.1, 0.15) is 0 Å². The van der Waals surface area contributed by atoms with Crippen molar-refractivity contribution in [3.05, 3.63) is 58.7 Å². The van der Waals surface area contributed by atoms with Gasteiger partial charge in [-0.25, -0.2) is 9.59 Å². The molecule has 2 aromatic rings. The summed E-state index contributed by atoms with van der Waals surface area (Å²) in [5.74, 6) is -2.40. The van der Waals surface area contributed by atoms with Crippen molar-refractivity contribution < 1.29 is 19.8 Å². The Bertz CT molecular complexity index is 726. The summed E-state index contributed by atoms with van der Waals surface area (Å²) in [7, 11) is 0. The molecule has 1 aliphatic rings. The largest absolute Gasteiger partial charge is 0.478 e. The van der Waals surface area contributed by atoms with Crippen LogP contribution >= 0.6 is 24.8 Å². The van der Waals surface area contributed by atoms with Gasteiger partial charge in [-0.15, -0.1) is 24.8 Å². The summed E-state index contributed by atoms with van der Waals surface area (Å²) in [6.07, 6.45) is 0.467. The van der Waals surface area contributed by atoms with Crippen molar-refractivity contribution in [1.82, 2.24) is 0 Å². The van der Waals surface area contributed by atoms with Gasteiger partial charge in [-0.3, -0.25) is 0 Å². The van der Waals surface area contributed by atoms with E-state index in [9.17, 15) is 14.7 Å². The highest BCUT2D eigenvalue weighted by atomic mass is 35.5. The van der Waals surface area contributed by atoms with Crippen LogP contribution in [0.1, 0.15) is 31.8 Å². The van der Waals surface area contributed by atoms with E-state index in [0.717, 1.165) is 16.7 Å². The Balaban J connectivity index is 0.00000110. The Morgan fingerprint density at radius 1 is 0.857 bits per heavy atom. The summed E-state index contributed by atoms with van der Waals surface area (Å²) in [5.41, 5.74) is 3.17.